The van der Waals surface area contributed by atoms with Gasteiger partial charge in [-0.05, 0) is 34.2 Å². The van der Waals surface area contributed by atoms with Crippen LogP contribution >= 0.6 is 34.2 Å². The Bertz CT molecular complexity index is 403. The molecule has 1 aromatic heterocycles. The minimum Gasteiger partial charge on any atom is -0.464 e. The zero-order chi connectivity index (χ0) is 10.0. The Balaban J connectivity index is 3.37. The number of H-pyrrole nitrogens is 1. The Labute approximate surface area is 91.6 Å². The highest BCUT2D eigenvalue weighted by molar-refractivity contribution is 14.1. The highest BCUT2D eigenvalue weighted by Crippen LogP contribution is 2.07. The number of nitrogens with one attached hydrogen (secondary N) is 1. The van der Waals surface area contributed by atoms with E-state index >= 15 is 0 Å². The summed E-state index contributed by atoms with van der Waals surface area (Å²) >= 11 is 7.14. The summed E-state index contributed by atoms with van der Waals surface area (Å²) in [7, 11) is 1.20. The number of carbonyl (C=O) groups excluding carboxylic acids is 1. The van der Waals surface area contributed by atoms with Crippen molar-refractivity contribution in [3.63, 3.8) is 0 Å². The number of hydrogen-bond acceptors (Lipinski definition) is 4. The van der Waals surface area contributed by atoms with Gasteiger partial charge in [0.15, 0.2) is 5.69 Å². The van der Waals surface area contributed by atoms with E-state index in [1.807, 2.05) is 0 Å². The number of hydrogen-bond donors (Lipinski definition) is 1. The number of aromatic amines is 1. The number of carbonyl (C=O) groups is 1. The largest absolute Gasteiger partial charge is 0.464 e. The molecule has 0 saturated carbocycles. The average Bonchev–Trinajstić information content (AvgIpc) is 2.10. The normalized spacial score (nSPS) is 9.77. The summed E-state index contributed by atoms with van der Waals surface area (Å²) in [6.07, 6.45) is 0. The lowest BCUT2D eigenvalue weighted by Gasteiger charge is -2.00. The van der Waals surface area contributed by atoms with E-state index in [2.05, 4.69) is 14.7 Å². The number of aromatic nitrogens is 2. The van der Waals surface area contributed by atoms with Crippen LogP contribution in [0, 0.1) is 3.57 Å². The molecular weight excluding hydrogens is 310 g/mol. The van der Waals surface area contributed by atoms with Crippen molar-refractivity contribution in [3.8, 4) is 0 Å². The Morgan fingerprint density at radius 2 is 2.31 bits per heavy atom. The molecule has 0 amide bonds. The van der Waals surface area contributed by atoms with E-state index in [0.717, 1.165) is 0 Å². The van der Waals surface area contributed by atoms with Gasteiger partial charge in [0.1, 0.15) is 3.57 Å². The zero-order valence-corrected chi connectivity index (χ0v) is 9.34. The third-order valence-electron chi connectivity index (χ3n) is 1.21. The maximum Gasteiger partial charge on any atom is 0.358 e. The number of rotatable bonds is 1. The molecule has 5 nitrogen and oxygen atoms in total. The molecule has 0 aliphatic rings. The van der Waals surface area contributed by atoms with Crippen molar-refractivity contribution >= 4 is 40.2 Å². The lowest BCUT2D eigenvalue weighted by Crippen LogP contribution is -2.19. The molecule has 0 aliphatic carbocycles. The van der Waals surface area contributed by atoms with Gasteiger partial charge in [0, 0.05) is 0 Å². The van der Waals surface area contributed by atoms with Crippen LogP contribution in [0.2, 0.25) is 5.28 Å². The number of esters is 1. The molecule has 70 valence electrons. The van der Waals surface area contributed by atoms with Crippen molar-refractivity contribution in [3.05, 3.63) is 24.9 Å². The van der Waals surface area contributed by atoms with Gasteiger partial charge in [-0.25, -0.2) is 9.78 Å². The maximum absolute atomic E-state index is 11.1. The fourth-order valence-electron chi connectivity index (χ4n) is 0.663. The van der Waals surface area contributed by atoms with Crippen LogP contribution < -0.4 is 5.56 Å². The van der Waals surface area contributed by atoms with Gasteiger partial charge < -0.3 is 4.74 Å². The molecule has 0 unspecified atom stereocenters. The second-order valence-electron chi connectivity index (χ2n) is 2.01. The fraction of sp³-hybridized carbons (Fsp3) is 0.167. The van der Waals surface area contributed by atoms with Crippen molar-refractivity contribution in [1.29, 1.82) is 0 Å². The van der Waals surface area contributed by atoms with E-state index < -0.39 is 11.5 Å². The first-order chi connectivity index (χ1) is 6.06. The lowest BCUT2D eigenvalue weighted by molar-refractivity contribution is 0.0592. The summed E-state index contributed by atoms with van der Waals surface area (Å²) in [6.45, 7) is 0. The Hall–Kier alpha value is -0.630. The summed E-state index contributed by atoms with van der Waals surface area (Å²) < 4.78 is 4.57. The van der Waals surface area contributed by atoms with E-state index in [1.165, 1.54) is 7.11 Å². The predicted molar refractivity (Wildman–Crippen MR) is 53.9 cm³/mol. The van der Waals surface area contributed by atoms with Gasteiger partial charge in [-0.15, -0.1) is 0 Å². The third-order valence-corrected chi connectivity index (χ3v) is 2.39. The van der Waals surface area contributed by atoms with Crippen LogP contribution in [0.4, 0.5) is 0 Å². The lowest BCUT2D eigenvalue weighted by atomic mass is 10.4. The summed E-state index contributed by atoms with van der Waals surface area (Å²) in [4.78, 5) is 28.0. The van der Waals surface area contributed by atoms with Crippen molar-refractivity contribution in [2.45, 2.75) is 0 Å². The first-order valence-electron chi connectivity index (χ1n) is 3.10. The molecule has 0 saturated heterocycles. The molecule has 1 heterocycles. The quantitative estimate of drug-likeness (QED) is 0.473. The molecule has 0 radical (unpaired) electrons. The van der Waals surface area contributed by atoms with E-state index in [4.69, 9.17) is 11.6 Å². The number of methoxy groups -OCH3 is 1. The minimum atomic E-state index is -0.683. The molecule has 0 atom stereocenters. The highest BCUT2D eigenvalue weighted by atomic mass is 127. The minimum absolute atomic E-state index is 0.0724. The van der Waals surface area contributed by atoms with Gasteiger partial charge in [-0.3, -0.25) is 9.78 Å². The van der Waals surface area contributed by atoms with Gasteiger partial charge in [-0.1, -0.05) is 0 Å². The fourth-order valence-corrected chi connectivity index (χ4v) is 1.31. The van der Waals surface area contributed by atoms with Crippen molar-refractivity contribution in [1.82, 2.24) is 9.97 Å². The number of ether oxygens (including phenoxy) is 1. The standard InChI is InChI=1S/C6H4ClIN2O3/c1-13-5(12)3-2(8)4(11)10-6(7)9-3/h1H3,(H,9,10,11). The van der Waals surface area contributed by atoms with E-state index in [9.17, 15) is 9.59 Å². The SMILES string of the molecule is COC(=O)c1nc(Cl)[nH]c(=O)c1I. The van der Waals surface area contributed by atoms with Gasteiger partial charge in [-0.2, -0.15) is 0 Å². The molecule has 1 rings (SSSR count). The third kappa shape index (κ3) is 2.19. The van der Waals surface area contributed by atoms with Gasteiger partial charge in [0.2, 0.25) is 5.28 Å². The van der Waals surface area contributed by atoms with Gasteiger partial charge >= 0.3 is 5.97 Å². The smallest absolute Gasteiger partial charge is 0.358 e. The molecule has 0 spiro atoms. The monoisotopic (exact) mass is 314 g/mol. The molecular formula is C6H4ClIN2O3. The van der Waals surface area contributed by atoms with Crippen LogP contribution in [-0.4, -0.2) is 23.0 Å². The van der Waals surface area contributed by atoms with Crippen molar-refractivity contribution in [2.24, 2.45) is 0 Å². The molecule has 7 heteroatoms. The van der Waals surface area contributed by atoms with Crippen molar-refractivity contribution in [2.75, 3.05) is 7.11 Å². The molecule has 0 bridgehead atoms. The van der Waals surface area contributed by atoms with E-state index in [0.29, 0.717) is 0 Å². The van der Waals surface area contributed by atoms with E-state index in [1.54, 1.807) is 22.6 Å². The number of halogens is 2. The van der Waals surface area contributed by atoms with Gasteiger partial charge in [0.25, 0.3) is 5.56 Å². The maximum atomic E-state index is 11.1. The Morgan fingerprint density at radius 1 is 1.69 bits per heavy atom. The van der Waals surface area contributed by atoms with Crippen LogP contribution in [0.1, 0.15) is 10.5 Å². The second-order valence-corrected chi connectivity index (χ2v) is 3.45. The second kappa shape index (κ2) is 4.05. The summed E-state index contributed by atoms with van der Waals surface area (Å²) in [5, 5.41) is -0.134. The van der Waals surface area contributed by atoms with Crippen LogP contribution in [-0.2, 0) is 4.74 Å². The van der Waals surface area contributed by atoms with Crippen LogP contribution in [0.3, 0.4) is 0 Å². The van der Waals surface area contributed by atoms with Crippen LogP contribution in [0.25, 0.3) is 0 Å². The summed E-state index contributed by atoms with van der Waals surface area (Å²) in [5.74, 6) is -0.683. The predicted octanol–water partition coefficient (Wildman–Crippen LogP) is 0.815. The molecule has 0 aromatic carbocycles. The van der Waals surface area contributed by atoms with E-state index in [-0.39, 0.29) is 14.5 Å². The summed E-state index contributed by atoms with van der Waals surface area (Å²) in [5.41, 5.74) is -0.530. The molecule has 13 heavy (non-hydrogen) atoms. The summed E-state index contributed by atoms with van der Waals surface area (Å²) in [6, 6.07) is 0. The highest BCUT2D eigenvalue weighted by Gasteiger charge is 2.15. The number of nitrogens with zero attached hydrogens (tertiary/aromatic N) is 1. The molecule has 1 aromatic rings. The molecule has 0 fully saturated rings. The molecule has 0 aliphatic heterocycles. The zero-order valence-electron chi connectivity index (χ0n) is 6.43. The van der Waals surface area contributed by atoms with Crippen LogP contribution in [0.15, 0.2) is 4.79 Å². The van der Waals surface area contributed by atoms with Crippen molar-refractivity contribution < 1.29 is 9.53 Å². The Kier molecular flexibility index (Phi) is 3.26. The Morgan fingerprint density at radius 3 is 2.85 bits per heavy atom. The topological polar surface area (TPSA) is 72.0 Å². The van der Waals surface area contributed by atoms with Crippen LogP contribution in [0.5, 0.6) is 0 Å². The average molecular weight is 314 g/mol. The molecule has 1 N–H and O–H groups in total. The first kappa shape index (κ1) is 10.5. The van der Waals surface area contributed by atoms with Gasteiger partial charge in [0.05, 0.1) is 7.11 Å². The first-order valence-corrected chi connectivity index (χ1v) is 4.55.